The van der Waals surface area contributed by atoms with E-state index in [1.807, 2.05) is 12.1 Å². The molecule has 0 saturated carbocycles. The Morgan fingerprint density at radius 1 is 1.33 bits per heavy atom. The van der Waals surface area contributed by atoms with E-state index >= 15 is 0 Å². The lowest BCUT2D eigenvalue weighted by Gasteiger charge is -2.36. The van der Waals surface area contributed by atoms with E-state index in [9.17, 15) is 9.90 Å². The van der Waals surface area contributed by atoms with Crippen molar-refractivity contribution in [1.82, 2.24) is 19.7 Å². The Morgan fingerprint density at radius 3 is 2.71 bits per heavy atom. The van der Waals surface area contributed by atoms with Crippen LogP contribution in [-0.4, -0.2) is 49.4 Å². The van der Waals surface area contributed by atoms with Crippen LogP contribution in [0.3, 0.4) is 0 Å². The molecule has 128 valence electrons. The van der Waals surface area contributed by atoms with Gasteiger partial charge in [-0.25, -0.2) is 9.67 Å². The normalized spacial score (nSPS) is 19.3. The van der Waals surface area contributed by atoms with Crippen LogP contribution in [0.5, 0.6) is 0 Å². The van der Waals surface area contributed by atoms with Crippen LogP contribution < -0.4 is 0 Å². The summed E-state index contributed by atoms with van der Waals surface area (Å²) in [5.74, 6) is 0.567. The molecule has 1 aliphatic heterocycles. The van der Waals surface area contributed by atoms with E-state index in [4.69, 9.17) is 11.6 Å². The summed E-state index contributed by atoms with van der Waals surface area (Å²) in [5, 5.41) is 15.0. The maximum absolute atomic E-state index is 12.8. The van der Waals surface area contributed by atoms with Crippen LogP contribution in [0.15, 0.2) is 24.3 Å². The molecular formula is C17H21ClN4O2. The van der Waals surface area contributed by atoms with Crippen molar-refractivity contribution in [2.24, 2.45) is 0 Å². The van der Waals surface area contributed by atoms with E-state index in [1.54, 1.807) is 35.6 Å². The first kappa shape index (κ1) is 16.9. The number of hydrogen-bond donors (Lipinski definition) is 1. The summed E-state index contributed by atoms with van der Waals surface area (Å²) in [6, 6.07) is 7.03. The van der Waals surface area contributed by atoms with Crippen LogP contribution in [-0.2, 0) is 0 Å². The van der Waals surface area contributed by atoms with Crippen LogP contribution in [0.4, 0.5) is 0 Å². The van der Waals surface area contributed by atoms with Gasteiger partial charge in [-0.1, -0.05) is 11.6 Å². The van der Waals surface area contributed by atoms with E-state index in [1.165, 1.54) is 0 Å². The molecule has 2 aromatic rings. The molecule has 1 amide bonds. The maximum atomic E-state index is 12.8. The summed E-state index contributed by atoms with van der Waals surface area (Å²) in [5.41, 5.74) is 0.800. The number of aliphatic hydroxyl groups is 1. The number of aliphatic hydroxyl groups excluding tert-OH is 1. The Labute approximate surface area is 146 Å². The second-order valence-corrected chi connectivity index (χ2v) is 6.61. The van der Waals surface area contributed by atoms with Crippen molar-refractivity contribution in [2.45, 2.75) is 45.3 Å². The van der Waals surface area contributed by atoms with E-state index in [0.29, 0.717) is 17.4 Å². The predicted octanol–water partition coefficient (Wildman–Crippen LogP) is 2.60. The van der Waals surface area contributed by atoms with Crippen molar-refractivity contribution >= 4 is 17.5 Å². The zero-order chi connectivity index (χ0) is 17.3. The van der Waals surface area contributed by atoms with Gasteiger partial charge in [0.15, 0.2) is 0 Å². The zero-order valence-corrected chi connectivity index (χ0v) is 14.6. The van der Waals surface area contributed by atoms with Gasteiger partial charge in [0.05, 0.1) is 17.8 Å². The quantitative estimate of drug-likeness (QED) is 0.925. The molecule has 6 nitrogen and oxygen atoms in total. The number of aryl methyl sites for hydroxylation is 1. The van der Waals surface area contributed by atoms with Gasteiger partial charge in [-0.15, -0.1) is 5.10 Å². The first-order chi connectivity index (χ1) is 11.5. The van der Waals surface area contributed by atoms with E-state index in [0.717, 1.165) is 24.9 Å². The summed E-state index contributed by atoms with van der Waals surface area (Å²) in [6.45, 7) is 4.16. The van der Waals surface area contributed by atoms with Crippen LogP contribution in [0.2, 0.25) is 5.02 Å². The molecule has 2 atom stereocenters. The fourth-order valence-corrected chi connectivity index (χ4v) is 3.27. The van der Waals surface area contributed by atoms with Gasteiger partial charge >= 0.3 is 0 Å². The molecule has 1 fully saturated rings. The van der Waals surface area contributed by atoms with Gasteiger partial charge in [-0.3, -0.25) is 4.79 Å². The second kappa shape index (κ2) is 6.91. The Morgan fingerprint density at radius 2 is 2.04 bits per heavy atom. The van der Waals surface area contributed by atoms with Gasteiger partial charge < -0.3 is 10.0 Å². The molecular weight excluding hydrogens is 328 g/mol. The lowest BCUT2D eigenvalue weighted by Crippen LogP contribution is -2.49. The van der Waals surface area contributed by atoms with Crippen molar-refractivity contribution in [3.8, 4) is 5.69 Å². The molecule has 0 aliphatic carbocycles. The predicted molar refractivity (Wildman–Crippen MR) is 91.5 cm³/mol. The summed E-state index contributed by atoms with van der Waals surface area (Å²) >= 11 is 5.91. The summed E-state index contributed by atoms with van der Waals surface area (Å²) < 4.78 is 1.63. The molecule has 0 spiro atoms. The number of aromatic nitrogens is 3. The minimum Gasteiger partial charge on any atom is -0.391 e. The average molecular weight is 349 g/mol. The number of carbonyl (C=O) groups is 1. The number of likely N-dealkylation sites (tertiary alicyclic amines) is 1. The van der Waals surface area contributed by atoms with Crippen LogP contribution >= 0.6 is 11.6 Å². The topological polar surface area (TPSA) is 71.2 Å². The maximum Gasteiger partial charge on any atom is 0.293 e. The van der Waals surface area contributed by atoms with Gasteiger partial charge in [0.1, 0.15) is 5.82 Å². The highest BCUT2D eigenvalue weighted by Crippen LogP contribution is 2.22. The lowest BCUT2D eigenvalue weighted by atomic mass is 9.98. The van der Waals surface area contributed by atoms with Crippen molar-refractivity contribution in [2.75, 3.05) is 6.54 Å². The summed E-state index contributed by atoms with van der Waals surface area (Å²) in [7, 11) is 0. The fraction of sp³-hybridized carbons (Fsp3) is 0.471. The average Bonchev–Trinajstić information content (AvgIpc) is 2.96. The Hall–Kier alpha value is -1.92. The molecule has 0 radical (unpaired) electrons. The Kier molecular flexibility index (Phi) is 4.87. The summed E-state index contributed by atoms with van der Waals surface area (Å²) in [4.78, 5) is 18.8. The molecule has 24 heavy (non-hydrogen) atoms. The van der Waals surface area contributed by atoms with Gasteiger partial charge in [0, 0.05) is 11.6 Å². The van der Waals surface area contributed by atoms with Crippen molar-refractivity contribution in [3.63, 3.8) is 0 Å². The number of hydrogen-bond acceptors (Lipinski definition) is 4. The highest BCUT2D eigenvalue weighted by molar-refractivity contribution is 6.30. The molecule has 2 heterocycles. The molecule has 3 rings (SSSR count). The van der Waals surface area contributed by atoms with Gasteiger partial charge in [-0.2, -0.15) is 0 Å². The number of amides is 1. The molecule has 1 N–H and O–H groups in total. The second-order valence-electron chi connectivity index (χ2n) is 6.17. The highest BCUT2D eigenvalue weighted by Gasteiger charge is 2.32. The molecule has 2 unspecified atom stereocenters. The number of benzene rings is 1. The lowest BCUT2D eigenvalue weighted by molar-refractivity contribution is 0.0271. The monoisotopic (exact) mass is 348 g/mol. The minimum atomic E-state index is -0.561. The third-order valence-corrected chi connectivity index (χ3v) is 4.65. The molecule has 7 heteroatoms. The molecule has 1 aromatic carbocycles. The molecule has 1 aromatic heterocycles. The number of nitrogens with zero attached hydrogens (tertiary/aromatic N) is 4. The number of carbonyl (C=O) groups excluding carboxylic acids is 1. The molecule has 1 aliphatic rings. The Balaban J connectivity index is 1.88. The van der Waals surface area contributed by atoms with Crippen molar-refractivity contribution < 1.29 is 9.90 Å². The van der Waals surface area contributed by atoms with E-state index < -0.39 is 6.10 Å². The highest BCUT2D eigenvalue weighted by atomic mass is 35.5. The zero-order valence-electron chi connectivity index (χ0n) is 13.8. The van der Waals surface area contributed by atoms with Gasteiger partial charge in [0.25, 0.3) is 5.91 Å². The third kappa shape index (κ3) is 3.30. The number of piperidine rings is 1. The largest absolute Gasteiger partial charge is 0.391 e. The van der Waals surface area contributed by atoms with Crippen LogP contribution in [0.25, 0.3) is 5.69 Å². The van der Waals surface area contributed by atoms with Crippen LogP contribution in [0, 0.1) is 6.92 Å². The number of halogens is 1. The summed E-state index contributed by atoms with van der Waals surface area (Å²) in [6.07, 6.45) is 2.20. The Bertz CT molecular complexity index is 727. The first-order valence-electron chi connectivity index (χ1n) is 8.16. The van der Waals surface area contributed by atoms with E-state index in [2.05, 4.69) is 10.1 Å². The van der Waals surface area contributed by atoms with Crippen LogP contribution in [0.1, 0.15) is 42.6 Å². The third-order valence-electron chi connectivity index (χ3n) is 4.40. The van der Waals surface area contributed by atoms with Gasteiger partial charge in [0.2, 0.25) is 5.82 Å². The minimum absolute atomic E-state index is 0.162. The van der Waals surface area contributed by atoms with Crippen molar-refractivity contribution in [3.05, 3.63) is 40.9 Å². The fourth-order valence-electron chi connectivity index (χ4n) is 3.15. The first-order valence-corrected chi connectivity index (χ1v) is 8.54. The van der Waals surface area contributed by atoms with Gasteiger partial charge in [-0.05, 0) is 57.4 Å². The standard InChI is InChI=1S/C17H21ClN4O2/c1-11(23)15-5-3-4-10-21(15)17(24)16-19-12(2)22(20-16)14-8-6-13(18)7-9-14/h6-9,11,15,23H,3-5,10H2,1-2H3. The number of rotatable bonds is 3. The van der Waals surface area contributed by atoms with Crippen molar-refractivity contribution in [1.29, 1.82) is 0 Å². The smallest absolute Gasteiger partial charge is 0.293 e. The molecule has 1 saturated heterocycles. The SMILES string of the molecule is Cc1nc(C(=O)N2CCCCC2C(C)O)nn1-c1ccc(Cl)cc1. The van der Waals surface area contributed by atoms with E-state index in [-0.39, 0.29) is 17.8 Å². The molecule has 0 bridgehead atoms.